The van der Waals surface area contributed by atoms with Crippen molar-refractivity contribution < 1.29 is 38.4 Å². The van der Waals surface area contributed by atoms with Crippen LogP contribution in [-0.2, 0) is 51.2 Å². The van der Waals surface area contributed by atoms with Crippen LogP contribution in [0.4, 0.5) is 0 Å². The number of likely N-dealkylation sites (tertiary alicyclic amines) is 1. The lowest BCUT2D eigenvalue weighted by atomic mass is 10.0. The normalized spacial score (nSPS) is 15.9. The molecule has 1 aromatic heterocycles. The van der Waals surface area contributed by atoms with Gasteiger partial charge < -0.3 is 47.9 Å². The molecule has 0 radical (unpaired) electrons. The van der Waals surface area contributed by atoms with Crippen molar-refractivity contribution in [1.29, 1.82) is 0 Å². The number of rotatable bonds is 24. The van der Waals surface area contributed by atoms with Gasteiger partial charge in [0.15, 0.2) is 0 Å². The molecule has 0 unspecified atom stereocenters. The van der Waals surface area contributed by atoms with Crippen molar-refractivity contribution in [2.75, 3.05) is 25.1 Å². The number of hydrogen-bond donors (Lipinski definition) is 8. The number of nitrogens with zero attached hydrogens (tertiary/aromatic N) is 4. The number of nitrogens with one attached hydrogen (secondary N) is 6. The van der Waals surface area contributed by atoms with E-state index in [4.69, 9.17) is 17.0 Å². The summed E-state index contributed by atoms with van der Waals surface area (Å²) in [5, 5.41) is 17.3. The minimum Gasteiger partial charge on any atom is -0.370 e. The zero-order chi connectivity index (χ0) is 46.1. The van der Waals surface area contributed by atoms with Crippen LogP contribution in [0, 0.1) is 5.92 Å². The molecule has 0 spiro atoms. The number of H-pyrrole nitrogens is 1. The molecule has 2 aromatic carbocycles. The SMILES string of the molecule is CSCC[C@H](NC(=O)[C@H](CC(C)C)N1CC[C@@H](NC(=O)[C@H](Cc2ccccc2)NC(=O)[C@H](Cc2c[nH]c3ccccc23)NC(=O)[C@H](CCC(N)=O)NC(=O)CN)C1=O)C(=O)N=[N+]=[N-]. The van der Waals surface area contributed by atoms with Crippen LogP contribution in [0.15, 0.2) is 65.9 Å². The number of benzene rings is 2. The molecule has 1 aliphatic heterocycles. The largest absolute Gasteiger partial charge is 0.370 e. The molecule has 4 rings (SSSR count). The quantitative estimate of drug-likeness (QED) is 0.0356. The number of fused-ring (bicyclic) bond motifs is 1. The van der Waals surface area contributed by atoms with E-state index < -0.39 is 90.1 Å². The number of para-hydroxylation sites is 1. The molecular formula is C42H56N12O8S. The van der Waals surface area contributed by atoms with Gasteiger partial charge in [0, 0.05) is 47.8 Å². The topological polar surface area (TPSA) is 317 Å². The Labute approximate surface area is 368 Å². The first-order valence-corrected chi connectivity index (χ1v) is 22.0. The predicted octanol–water partition coefficient (Wildman–Crippen LogP) is 0.838. The van der Waals surface area contributed by atoms with Crippen LogP contribution < -0.4 is 38.1 Å². The number of amides is 8. The smallest absolute Gasteiger partial charge is 0.245 e. The van der Waals surface area contributed by atoms with Crippen LogP contribution in [0.2, 0.25) is 0 Å². The van der Waals surface area contributed by atoms with E-state index >= 15 is 0 Å². The van der Waals surface area contributed by atoms with Crippen LogP contribution >= 0.6 is 11.8 Å². The van der Waals surface area contributed by atoms with Crippen molar-refractivity contribution in [2.24, 2.45) is 22.5 Å². The van der Waals surface area contributed by atoms with E-state index in [-0.39, 0.29) is 57.4 Å². The minimum atomic E-state index is -1.32. The number of aromatic nitrogens is 1. The molecule has 21 heteroatoms. The van der Waals surface area contributed by atoms with Crippen molar-refractivity contribution in [3.05, 3.63) is 82.4 Å². The number of hydrogen-bond acceptors (Lipinski definition) is 10. The zero-order valence-electron chi connectivity index (χ0n) is 35.5. The van der Waals surface area contributed by atoms with Gasteiger partial charge in [-0.3, -0.25) is 38.4 Å². The zero-order valence-corrected chi connectivity index (χ0v) is 36.3. The number of carbonyl (C=O) groups excluding carboxylic acids is 8. The lowest BCUT2D eigenvalue weighted by molar-refractivity contribution is -0.141. The second-order valence-corrected chi connectivity index (χ2v) is 16.6. The summed E-state index contributed by atoms with van der Waals surface area (Å²) in [5.74, 6) is -5.21. The van der Waals surface area contributed by atoms with Crippen LogP contribution in [0.3, 0.4) is 0 Å². The van der Waals surface area contributed by atoms with Gasteiger partial charge in [0.1, 0.15) is 30.2 Å². The maximum absolute atomic E-state index is 14.4. The van der Waals surface area contributed by atoms with Gasteiger partial charge in [-0.1, -0.05) is 62.4 Å². The lowest BCUT2D eigenvalue weighted by Gasteiger charge is -2.30. The van der Waals surface area contributed by atoms with E-state index in [9.17, 15) is 38.4 Å². The maximum Gasteiger partial charge on any atom is 0.245 e. The molecule has 1 saturated heterocycles. The number of azide groups is 1. The Morgan fingerprint density at radius 1 is 0.873 bits per heavy atom. The molecule has 8 amide bonds. The summed E-state index contributed by atoms with van der Waals surface area (Å²) >= 11 is 1.44. The first-order chi connectivity index (χ1) is 30.1. The van der Waals surface area contributed by atoms with Crippen molar-refractivity contribution >= 4 is 69.9 Å². The molecule has 1 fully saturated rings. The monoisotopic (exact) mass is 888 g/mol. The fourth-order valence-electron chi connectivity index (χ4n) is 7.26. The highest BCUT2D eigenvalue weighted by atomic mass is 32.2. The molecule has 0 bridgehead atoms. The van der Waals surface area contributed by atoms with E-state index in [0.717, 1.165) is 10.9 Å². The Balaban J connectivity index is 1.60. The molecule has 6 atom stereocenters. The van der Waals surface area contributed by atoms with Crippen LogP contribution in [-0.4, -0.2) is 118 Å². The first kappa shape index (κ1) is 49.2. The summed E-state index contributed by atoms with van der Waals surface area (Å²) in [6, 6.07) is 9.11. The summed E-state index contributed by atoms with van der Waals surface area (Å²) in [6.07, 6.45) is 3.59. The third-order valence-electron chi connectivity index (χ3n) is 10.5. The summed E-state index contributed by atoms with van der Waals surface area (Å²) in [6.45, 7) is 3.40. The van der Waals surface area contributed by atoms with Gasteiger partial charge in [0.25, 0.3) is 0 Å². The van der Waals surface area contributed by atoms with Gasteiger partial charge in [-0.2, -0.15) is 11.8 Å². The van der Waals surface area contributed by atoms with Gasteiger partial charge in [0.2, 0.25) is 47.3 Å². The molecular weight excluding hydrogens is 833 g/mol. The Morgan fingerprint density at radius 3 is 2.17 bits per heavy atom. The fraction of sp³-hybridized carbons (Fsp3) is 0.476. The fourth-order valence-corrected chi connectivity index (χ4v) is 7.73. The van der Waals surface area contributed by atoms with Gasteiger partial charge in [-0.25, -0.2) is 0 Å². The van der Waals surface area contributed by atoms with Gasteiger partial charge in [0.05, 0.1) is 12.6 Å². The summed E-state index contributed by atoms with van der Waals surface area (Å²) in [7, 11) is 0. The number of aromatic amines is 1. The third-order valence-corrected chi connectivity index (χ3v) is 11.1. The molecule has 2 heterocycles. The van der Waals surface area contributed by atoms with Crippen molar-refractivity contribution in [2.45, 2.75) is 95.0 Å². The van der Waals surface area contributed by atoms with E-state index in [1.807, 2.05) is 44.4 Å². The minimum absolute atomic E-state index is 0.0143. The van der Waals surface area contributed by atoms with Crippen LogP contribution in [0.1, 0.15) is 57.1 Å². The number of primary amides is 1. The highest BCUT2D eigenvalue weighted by molar-refractivity contribution is 7.98. The third kappa shape index (κ3) is 14.6. The van der Waals surface area contributed by atoms with E-state index in [1.165, 1.54) is 16.7 Å². The lowest BCUT2D eigenvalue weighted by Crippen LogP contribution is -2.59. The van der Waals surface area contributed by atoms with Crippen molar-refractivity contribution in [3.8, 4) is 0 Å². The van der Waals surface area contributed by atoms with Gasteiger partial charge in [-0.15, -0.1) is 0 Å². The average Bonchev–Trinajstić information content (AvgIpc) is 3.84. The molecule has 20 nitrogen and oxygen atoms in total. The average molecular weight is 889 g/mol. The number of thioether (sulfide) groups is 1. The Morgan fingerprint density at radius 2 is 1.52 bits per heavy atom. The predicted molar refractivity (Wildman–Crippen MR) is 236 cm³/mol. The van der Waals surface area contributed by atoms with Crippen LogP contribution in [0.5, 0.6) is 0 Å². The molecule has 10 N–H and O–H groups in total. The van der Waals surface area contributed by atoms with E-state index in [2.05, 4.69) is 41.6 Å². The first-order valence-electron chi connectivity index (χ1n) is 20.6. The Kier molecular flexibility index (Phi) is 19.0. The summed E-state index contributed by atoms with van der Waals surface area (Å²) in [5.41, 5.74) is 21.8. The van der Waals surface area contributed by atoms with E-state index in [0.29, 0.717) is 16.9 Å². The second-order valence-electron chi connectivity index (χ2n) is 15.6. The molecule has 63 heavy (non-hydrogen) atoms. The molecule has 338 valence electrons. The summed E-state index contributed by atoms with van der Waals surface area (Å²) in [4.78, 5) is 114. The van der Waals surface area contributed by atoms with Crippen LogP contribution in [0.25, 0.3) is 21.3 Å². The highest BCUT2D eigenvalue weighted by Crippen LogP contribution is 2.22. The maximum atomic E-state index is 14.4. The van der Waals surface area contributed by atoms with E-state index in [1.54, 1.807) is 36.5 Å². The number of carbonyl (C=O) groups is 8. The standard InChI is InChI=1S/C42H56N12O8S/c1-24(2)19-34(41(61)48-30(16-18-63-3)40(60)52-53-45)54-17-15-31(42(54)62)49-38(58)32(20-25-9-5-4-6-10-25)50-39(59)33(21-26-23-46-28-12-8-7-11-27(26)28)51-37(57)29(13-14-35(44)55)47-36(56)22-43/h4-12,23-24,29-34,46H,13-22,43H2,1-3H3,(H2,44,55)(H,47,56)(H,48,61)(H,49,58)(H,50,59)(H,51,57)/t29-,30-,31+,32-,33-,34-/m0/s1. The summed E-state index contributed by atoms with van der Waals surface area (Å²) < 4.78 is 0. The molecule has 0 saturated carbocycles. The second kappa shape index (κ2) is 24.3. The Hall–Kier alpha value is -6.44. The molecule has 1 aliphatic rings. The van der Waals surface area contributed by atoms with Gasteiger partial charge in [-0.05, 0) is 71.4 Å². The van der Waals surface area contributed by atoms with Crippen molar-refractivity contribution in [1.82, 2.24) is 36.5 Å². The number of nitrogens with two attached hydrogens (primary N) is 2. The molecule has 3 aromatic rings. The molecule has 0 aliphatic carbocycles. The Bertz CT molecular complexity index is 2160. The highest BCUT2D eigenvalue weighted by Gasteiger charge is 2.41. The van der Waals surface area contributed by atoms with Gasteiger partial charge >= 0.3 is 0 Å². The van der Waals surface area contributed by atoms with Crippen molar-refractivity contribution in [3.63, 3.8) is 0 Å².